The number of ether oxygens (including phenoxy) is 1. The van der Waals surface area contributed by atoms with Gasteiger partial charge in [-0.3, -0.25) is 19.5 Å². The number of nitriles is 1. The van der Waals surface area contributed by atoms with Gasteiger partial charge in [0.25, 0.3) is 5.91 Å². The van der Waals surface area contributed by atoms with Crippen LogP contribution in [0.1, 0.15) is 62.5 Å². The summed E-state index contributed by atoms with van der Waals surface area (Å²) in [7, 11) is 0. The Labute approximate surface area is 246 Å². The first kappa shape index (κ1) is 29.1. The number of rotatable bonds is 7. The van der Waals surface area contributed by atoms with E-state index in [1.165, 1.54) is 6.08 Å². The van der Waals surface area contributed by atoms with E-state index in [9.17, 15) is 14.4 Å². The number of nitrogens with one attached hydrogen (secondary N) is 1. The number of aromatic nitrogens is 1. The zero-order valence-corrected chi connectivity index (χ0v) is 24.8. The maximum Gasteiger partial charge on any atom is 0.410 e. The monoisotopic (exact) mass is 567 g/mol. The lowest BCUT2D eigenvalue weighted by molar-refractivity contribution is -0.132. The lowest BCUT2D eigenvalue weighted by Crippen LogP contribution is -2.49. The van der Waals surface area contributed by atoms with Crippen LogP contribution in [0.15, 0.2) is 72.3 Å². The number of benzene rings is 1. The van der Waals surface area contributed by atoms with Gasteiger partial charge < -0.3 is 15.0 Å². The van der Waals surface area contributed by atoms with Gasteiger partial charge in [-0.25, -0.2) is 4.79 Å². The molecule has 3 aliphatic rings. The number of nitrogens with zero attached hydrogens (tertiary/aromatic N) is 4. The van der Waals surface area contributed by atoms with Crippen LogP contribution in [0.25, 0.3) is 0 Å². The van der Waals surface area contributed by atoms with Crippen molar-refractivity contribution in [3.8, 4) is 6.07 Å². The van der Waals surface area contributed by atoms with Crippen LogP contribution in [0, 0.1) is 23.2 Å². The van der Waals surface area contributed by atoms with Gasteiger partial charge in [0.15, 0.2) is 5.78 Å². The lowest BCUT2D eigenvalue weighted by atomic mass is 9.87. The lowest BCUT2D eigenvalue weighted by Gasteiger charge is -2.28. The number of amides is 2. The van der Waals surface area contributed by atoms with E-state index in [0.717, 1.165) is 11.1 Å². The highest BCUT2D eigenvalue weighted by Crippen LogP contribution is 2.52. The molecule has 1 N–H and O–H groups in total. The number of carbonyl (C=O) groups excluding carboxylic acids is 3. The average Bonchev–Trinajstić information content (AvgIpc) is 3.28. The van der Waals surface area contributed by atoms with Crippen LogP contribution >= 0.6 is 0 Å². The summed E-state index contributed by atoms with van der Waals surface area (Å²) in [5, 5.41) is 12.6. The molecule has 1 aromatic heterocycles. The maximum absolute atomic E-state index is 14.5. The molecule has 9 nitrogen and oxygen atoms in total. The second-order valence-electron chi connectivity index (χ2n) is 12.7. The number of pyridine rings is 1. The third kappa shape index (κ3) is 5.94. The van der Waals surface area contributed by atoms with Crippen molar-refractivity contribution in [2.75, 3.05) is 13.1 Å². The van der Waals surface area contributed by atoms with Gasteiger partial charge in [-0.2, -0.15) is 5.26 Å². The standard InChI is InChI=1S/C33H37N5O4/c1-21(2)10-13-33(17-22-11-14-35-15-12-22)30(40)38(28(36-33)16-27(39)24-8-6-23(18-34)7-9-24)29-25-19-37(20-26(25)29)31(41)42-32(3,4)5/h6-12,14-16,25-26,29,36H,13,17,19-20H2,1-5H3. The van der Waals surface area contributed by atoms with Gasteiger partial charge in [-0.1, -0.05) is 11.6 Å². The van der Waals surface area contributed by atoms with Gasteiger partial charge >= 0.3 is 6.09 Å². The van der Waals surface area contributed by atoms with E-state index >= 15 is 0 Å². The molecule has 3 unspecified atom stereocenters. The molecule has 0 radical (unpaired) electrons. The predicted octanol–water partition coefficient (Wildman–Crippen LogP) is 4.61. The van der Waals surface area contributed by atoms with Crippen LogP contribution in [0.2, 0.25) is 0 Å². The fraction of sp³-hybridized carbons (Fsp3) is 0.424. The summed E-state index contributed by atoms with van der Waals surface area (Å²) in [6, 6.07) is 12.2. The normalized spacial score (nSPS) is 25.5. The highest BCUT2D eigenvalue weighted by molar-refractivity contribution is 6.06. The van der Waals surface area contributed by atoms with Crippen molar-refractivity contribution in [1.29, 1.82) is 5.26 Å². The van der Waals surface area contributed by atoms with Crippen LogP contribution < -0.4 is 5.32 Å². The number of carbonyl (C=O) groups is 3. The fourth-order valence-electron chi connectivity index (χ4n) is 5.93. The van der Waals surface area contributed by atoms with Crippen molar-refractivity contribution in [3.05, 3.63) is 89.0 Å². The SMILES string of the molecule is CC(C)=CCC1(Cc2ccncc2)NC(=CC(=O)c2ccc(C#N)cc2)N(C2C3CN(C(=O)OC(C)(C)C)CC32)C1=O. The van der Waals surface area contributed by atoms with Crippen LogP contribution in [-0.2, 0) is 16.0 Å². The maximum atomic E-state index is 14.5. The smallest absolute Gasteiger partial charge is 0.410 e. The van der Waals surface area contributed by atoms with Gasteiger partial charge in [0.1, 0.15) is 17.0 Å². The van der Waals surface area contributed by atoms with Crippen molar-refractivity contribution in [3.63, 3.8) is 0 Å². The topological polar surface area (TPSA) is 116 Å². The second kappa shape index (κ2) is 11.1. The van der Waals surface area contributed by atoms with E-state index in [1.807, 2.05) is 52.8 Å². The average molecular weight is 568 g/mol. The number of ketones is 1. The minimum absolute atomic E-state index is 0.0843. The molecule has 42 heavy (non-hydrogen) atoms. The van der Waals surface area contributed by atoms with Crippen molar-refractivity contribution in [2.45, 2.75) is 64.6 Å². The molecule has 2 aliphatic heterocycles. The van der Waals surface area contributed by atoms with Crippen LogP contribution in [0.3, 0.4) is 0 Å². The third-order valence-electron chi connectivity index (χ3n) is 8.03. The summed E-state index contributed by atoms with van der Waals surface area (Å²) in [6.45, 7) is 10.5. The predicted molar refractivity (Wildman–Crippen MR) is 157 cm³/mol. The molecular weight excluding hydrogens is 530 g/mol. The van der Waals surface area contributed by atoms with Crippen LogP contribution in [-0.4, -0.2) is 62.8 Å². The number of fused-ring (bicyclic) bond motifs is 1. The molecule has 1 aromatic carbocycles. The summed E-state index contributed by atoms with van der Waals surface area (Å²) in [4.78, 5) is 48.2. The first-order valence-corrected chi connectivity index (χ1v) is 14.3. The molecule has 0 spiro atoms. The summed E-state index contributed by atoms with van der Waals surface area (Å²) >= 11 is 0. The molecule has 2 aromatic rings. The summed E-state index contributed by atoms with van der Waals surface area (Å²) in [5.41, 5.74) is 1.37. The number of hydrogen-bond donors (Lipinski definition) is 1. The molecule has 2 saturated heterocycles. The second-order valence-corrected chi connectivity index (χ2v) is 12.7. The summed E-state index contributed by atoms with van der Waals surface area (Å²) in [5.74, 6) is 0.310. The van der Waals surface area contributed by atoms with Gasteiger partial charge in [0.2, 0.25) is 0 Å². The Hall–Kier alpha value is -4.45. The van der Waals surface area contributed by atoms with Crippen molar-refractivity contribution < 1.29 is 19.1 Å². The van der Waals surface area contributed by atoms with E-state index in [4.69, 9.17) is 10.00 Å². The van der Waals surface area contributed by atoms with Crippen molar-refractivity contribution >= 4 is 17.8 Å². The molecule has 3 heterocycles. The minimum atomic E-state index is -0.989. The van der Waals surface area contributed by atoms with Gasteiger partial charge in [0, 0.05) is 61.4 Å². The van der Waals surface area contributed by atoms with E-state index < -0.39 is 11.1 Å². The first-order valence-electron chi connectivity index (χ1n) is 14.3. The van der Waals surface area contributed by atoms with Crippen LogP contribution in [0.5, 0.6) is 0 Å². The Morgan fingerprint density at radius 2 is 1.76 bits per heavy atom. The zero-order valence-electron chi connectivity index (χ0n) is 24.8. The van der Waals surface area contributed by atoms with Crippen molar-refractivity contribution in [1.82, 2.24) is 20.1 Å². The quantitative estimate of drug-likeness (QED) is 0.295. The van der Waals surface area contributed by atoms with E-state index in [0.29, 0.717) is 42.9 Å². The number of likely N-dealkylation sites (tertiary alicyclic amines) is 1. The largest absolute Gasteiger partial charge is 0.444 e. The molecule has 0 bridgehead atoms. The highest BCUT2D eigenvalue weighted by Gasteiger charge is 2.65. The fourth-order valence-corrected chi connectivity index (χ4v) is 5.93. The molecule has 9 heteroatoms. The molecule has 1 aliphatic carbocycles. The third-order valence-corrected chi connectivity index (χ3v) is 8.03. The van der Waals surface area contributed by atoms with Crippen molar-refractivity contribution in [2.24, 2.45) is 11.8 Å². The Morgan fingerprint density at radius 3 is 2.33 bits per heavy atom. The summed E-state index contributed by atoms with van der Waals surface area (Å²) in [6.07, 6.45) is 7.49. The van der Waals surface area contributed by atoms with Crippen LogP contribution in [0.4, 0.5) is 4.79 Å². The van der Waals surface area contributed by atoms with Gasteiger partial charge in [0.05, 0.1) is 11.6 Å². The van der Waals surface area contributed by atoms with E-state index in [-0.39, 0.29) is 35.7 Å². The van der Waals surface area contributed by atoms with Gasteiger partial charge in [-0.15, -0.1) is 0 Å². The Balaban J connectivity index is 1.47. The Bertz CT molecular complexity index is 1470. The van der Waals surface area contributed by atoms with E-state index in [2.05, 4.69) is 16.4 Å². The van der Waals surface area contributed by atoms with Gasteiger partial charge in [-0.05, 0) is 83.0 Å². The molecule has 1 saturated carbocycles. The minimum Gasteiger partial charge on any atom is -0.444 e. The highest BCUT2D eigenvalue weighted by atomic mass is 16.6. The number of hydrogen-bond acceptors (Lipinski definition) is 7. The molecule has 2 amide bonds. The summed E-state index contributed by atoms with van der Waals surface area (Å²) < 4.78 is 5.57. The number of piperidine rings is 1. The Kier molecular flexibility index (Phi) is 7.67. The molecule has 218 valence electrons. The molecule has 3 fully saturated rings. The molecule has 5 rings (SSSR count). The first-order chi connectivity index (χ1) is 19.9. The molecular formula is C33H37N5O4. The Morgan fingerprint density at radius 1 is 1.12 bits per heavy atom. The molecule has 3 atom stereocenters. The number of allylic oxidation sites excluding steroid dienone is 2. The zero-order chi connectivity index (χ0) is 30.2. The van der Waals surface area contributed by atoms with E-state index in [1.54, 1.807) is 46.5 Å².